The summed E-state index contributed by atoms with van der Waals surface area (Å²) in [7, 11) is 0. The first kappa shape index (κ1) is 13.3. The molecule has 1 unspecified atom stereocenters. The molecule has 19 heavy (non-hydrogen) atoms. The first-order chi connectivity index (χ1) is 9.04. The lowest BCUT2D eigenvalue weighted by Crippen LogP contribution is -2.28. The molecule has 2 heterocycles. The summed E-state index contributed by atoms with van der Waals surface area (Å²) < 4.78 is 0. The lowest BCUT2D eigenvalue weighted by Gasteiger charge is -2.09. The van der Waals surface area contributed by atoms with E-state index in [1.807, 2.05) is 6.92 Å². The van der Waals surface area contributed by atoms with E-state index in [4.69, 9.17) is 5.73 Å². The Balaban J connectivity index is 1.81. The van der Waals surface area contributed by atoms with Crippen LogP contribution in [0.15, 0.2) is 5.16 Å². The van der Waals surface area contributed by atoms with Crippen molar-refractivity contribution in [2.45, 2.75) is 25.0 Å². The highest BCUT2D eigenvalue weighted by atomic mass is 32.2. The average molecular weight is 282 g/mol. The summed E-state index contributed by atoms with van der Waals surface area (Å²) in [5.41, 5.74) is 5.38. The van der Waals surface area contributed by atoms with Gasteiger partial charge in [-0.25, -0.2) is 10.1 Å². The van der Waals surface area contributed by atoms with Gasteiger partial charge in [-0.05, 0) is 13.8 Å². The van der Waals surface area contributed by atoms with Crippen molar-refractivity contribution in [3.05, 3.63) is 11.6 Å². The summed E-state index contributed by atoms with van der Waals surface area (Å²) in [6, 6.07) is -0.254. The molecule has 0 aromatic carbocycles. The second-order valence-corrected chi connectivity index (χ2v) is 4.80. The highest BCUT2D eigenvalue weighted by Gasteiger charge is 2.14. The van der Waals surface area contributed by atoms with Gasteiger partial charge in [0.1, 0.15) is 5.82 Å². The second-order valence-electron chi connectivity index (χ2n) is 3.86. The third-order valence-electron chi connectivity index (χ3n) is 2.19. The number of hydrogen-bond donors (Lipinski definition) is 4. The van der Waals surface area contributed by atoms with Crippen LogP contribution in [-0.4, -0.2) is 42.0 Å². The molecule has 0 fully saturated rings. The van der Waals surface area contributed by atoms with E-state index in [0.29, 0.717) is 16.8 Å². The maximum absolute atomic E-state index is 11.7. The number of aromatic amines is 2. The molecule has 2 aromatic rings. The minimum Gasteiger partial charge on any atom is -0.368 e. The average Bonchev–Trinajstić information content (AvgIpc) is 2.95. The van der Waals surface area contributed by atoms with Crippen molar-refractivity contribution in [1.82, 2.24) is 35.7 Å². The number of nitrogen functional groups attached to an aromatic ring is 1. The molecular formula is C9H14N8OS. The number of H-pyrrole nitrogens is 2. The minimum atomic E-state index is -0.254. The number of aryl methyl sites for hydroxylation is 1. The van der Waals surface area contributed by atoms with Crippen molar-refractivity contribution in [2.24, 2.45) is 0 Å². The zero-order valence-corrected chi connectivity index (χ0v) is 11.3. The van der Waals surface area contributed by atoms with Gasteiger partial charge in [0.05, 0.1) is 11.8 Å². The first-order valence-corrected chi connectivity index (χ1v) is 6.52. The van der Waals surface area contributed by atoms with Gasteiger partial charge in [0.25, 0.3) is 0 Å². The fraction of sp³-hybridized carbons (Fsp3) is 0.444. The molecule has 9 nitrogen and oxygen atoms in total. The fourth-order valence-corrected chi connectivity index (χ4v) is 1.97. The van der Waals surface area contributed by atoms with Gasteiger partial charge in [0, 0.05) is 0 Å². The van der Waals surface area contributed by atoms with E-state index in [-0.39, 0.29) is 23.7 Å². The van der Waals surface area contributed by atoms with Crippen LogP contribution in [-0.2, 0) is 4.79 Å². The molecule has 10 heteroatoms. The van der Waals surface area contributed by atoms with E-state index < -0.39 is 0 Å². The Labute approximate surface area is 113 Å². The Morgan fingerprint density at radius 3 is 2.79 bits per heavy atom. The molecule has 0 spiro atoms. The van der Waals surface area contributed by atoms with Crippen LogP contribution in [0.5, 0.6) is 0 Å². The standard InChI is InChI=1S/C9H14N8OS/c1-4(7-12-5(2)14-15-7)11-6(18)3-19-9-13-8(10)16-17-9/h4H,3H2,1-2H3,(H,11,18)(H,12,14,15)(H3,10,13,16,17). The zero-order chi connectivity index (χ0) is 13.8. The summed E-state index contributed by atoms with van der Waals surface area (Å²) in [6.07, 6.45) is 0. The second kappa shape index (κ2) is 5.69. The van der Waals surface area contributed by atoms with Crippen LogP contribution in [0.25, 0.3) is 0 Å². The van der Waals surface area contributed by atoms with Crippen molar-refractivity contribution in [2.75, 3.05) is 11.5 Å². The molecular weight excluding hydrogens is 268 g/mol. The summed E-state index contributed by atoms with van der Waals surface area (Å²) in [5.74, 6) is 1.54. The number of nitrogens with zero attached hydrogens (tertiary/aromatic N) is 4. The molecule has 1 amide bonds. The van der Waals surface area contributed by atoms with Crippen LogP contribution in [0, 0.1) is 6.92 Å². The Morgan fingerprint density at radius 2 is 2.21 bits per heavy atom. The monoisotopic (exact) mass is 282 g/mol. The van der Waals surface area contributed by atoms with Gasteiger partial charge in [-0.3, -0.25) is 9.89 Å². The minimum absolute atomic E-state index is 0.150. The smallest absolute Gasteiger partial charge is 0.231 e. The predicted octanol–water partition coefficient (Wildman–Crippen LogP) is -0.217. The van der Waals surface area contributed by atoms with Crippen LogP contribution in [0.4, 0.5) is 5.95 Å². The van der Waals surface area contributed by atoms with Gasteiger partial charge in [-0.1, -0.05) is 11.8 Å². The van der Waals surface area contributed by atoms with Crippen molar-refractivity contribution < 1.29 is 4.79 Å². The Morgan fingerprint density at radius 1 is 1.42 bits per heavy atom. The number of aromatic nitrogens is 6. The maximum atomic E-state index is 11.7. The number of hydrogen-bond acceptors (Lipinski definition) is 7. The van der Waals surface area contributed by atoms with Gasteiger partial charge in [0.2, 0.25) is 17.0 Å². The van der Waals surface area contributed by atoms with Crippen molar-refractivity contribution in [3.63, 3.8) is 0 Å². The fourth-order valence-electron chi connectivity index (χ4n) is 1.35. The molecule has 2 rings (SSSR count). The van der Waals surface area contributed by atoms with E-state index in [9.17, 15) is 4.79 Å². The normalized spacial score (nSPS) is 12.3. The molecule has 0 aliphatic carbocycles. The van der Waals surface area contributed by atoms with E-state index in [1.54, 1.807) is 6.92 Å². The molecule has 0 saturated carbocycles. The topological polar surface area (TPSA) is 138 Å². The van der Waals surface area contributed by atoms with Crippen LogP contribution < -0.4 is 11.1 Å². The van der Waals surface area contributed by atoms with Gasteiger partial charge in [0.15, 0.2) is 5.82 Å². The highest BCUT2D eigenvalue weighted by molar-refractivity contribution is 7.99. The number of nitrogens with two attached hydrogens (primary N) is 1. The summed E-state index contributed by atoms with van der Waals surface area (Å²) in [4.78, 5) is 19.8. The van der Waals surface area contributed by atoms with E-state index in [1.165, 1.54) is 11.8 Å². The summed E-state index contributed by atoms with van der Waals surface area (Å²) in [6.45, 7) is 3.62. The first-order valence-electron chi connectivity index (χ1n) is 5.53. The number of carbonyl (C=O) groups excluding carboxylic acids is 1. The molecule has 0 saturated heterocycles. The summed E-state index contributed by atoms with van der Waals surface area (Å²) >= 11 is 1.20. The lowest BCUT2D eigenvalue weighted by atomic mass is 10.3. The number of amides is 1. The highest BCUT2D eigenvalue weighted by Crippen LogP contribution is 2.13. The molecule has 0 aliphatic rings. The van der Waals surface area contributed by atoms with Gasteiger partial charge in [-0.15, -0.1) is 5.10 Å². The molecule has 5 N–H and O–H groups in total. The van der Waals surface area contributed by atoms with Crippen LogP contribution >= 0.6 is 11.8 Å². The van der Waals surface area contributed by atoms with Crippen LogP contribution in [0.3, 0.4) is 0 Å². The van der Waals surface area contributed by atoms with Crippen LogP contribution in [0.2, 0.25) is 0 Å². The summed E-state index contributed by atoms with van der Waals surface area (Å²) in [5, 5.41) is 16.3. The number of rotatable bonds is 5. The Bertz CT molecular complexity index is 564. The predicted molar refractivity (Wildman–Crippen MR) is 69.2 cm³/mol. The van der Waals surface area contributed by atoms with E-state index >= 15 is 0 Å². The lowest BCUT2D eigenvalue weighted by molar-refractivity contribution is -0.119. The third kappa shape index (κ3) is 3.68. The largest absolute Gasteiger partial charge is 0.368 e. The van der Waals surface area contributed by atoms with Crippen molar-refractivity contribution in [1.29, 1.82) is 0 Å². The molecule has 0 bridgehead atoms. The number of nitrogens with one attached hydrogen (secondary N) is 3. The molecule has 2 aromatic heterocycles. The number of thioether (sulfide) groups is 1. The van der Waals surface area contributed by atoms with Crippen molar-refractivity contribution >= 4 is 23.6 Å². The molecule has 0 radical (unpaired) electrons. The molecule has 0 aliphatic heterocycles. The van der Waals surface area contributed by atoms with Crippen LogP contribution in [0.1, 0.15) is 24.6 Å². The quantitative estimate of drug-likeness (QED) is 0.556. The van der Waals surface area contributed by atoms with Gasteiger partial charge >= 0.3 is 0 Å². The number of anilines is 1. The van der Waals surface area contributed by atoms with Crippen molar-refractivity contribution in [3.8, 4) is 0 Å². The third-order valence-corrected chi connectivity index (χ3v) is 3.04. The Hall–Kier alpha value is -2.10. The molecule has 102 valence electrons. The van der Waals surface area contributed by atoms with E-state index in [2.05, 4.69) is 35.7 Å². The SMILES string of the molecule is Cc1nc(C(C)NC(=O)CSc2n[nH]c(N)n2)n[nH]1. The van der Waals surface area contributed by atoms with Gasteiger partial charge < -0.3 is 11.1 Å². The maximum Gasteiger partial charge on any atom is 0.231 e. The van der Waals surface area contributed by atoms with Gasteiger partial charge in [-0.2, -0.15) is 10.1 Å². The number of carbonyl (C=O) groups is 1. The molecule has 1 atom stereocenters. The Kier molecular flexibility index (Phi) is 4.00. The van der Waals surface area contributed by atoms with E-state index in [0.717, 1.165) is 0 Å². The zero-order valence-electron chi connectivity index (χ0n) is 10.5.